The summed E-state index contributed by atoms with van der Waals surface area (Å²) in [4.78, 5) is 0. The molecule has 3 heteroatoms. The summed E-state index contributed by atoms with van der Waals surface area (Å²) in [6, 6.07) is 0.300. The minimum Gasteiger partial charge on any atom is -0.393 e. The molecule has 0 aliphatic heterocycles. The van der Waals surface area contributed by atoms with Crippen LogP contribution >= 0.6 is 0 Å². The van der Waals surface area contributed by atoms with Crippen molar-refractivity contribution in [1.82, 2.24) is 5.32 Å². The molecule has 0 bridgehead atoms. The van der Waals surface area contributed by atoms with Gasteiger partial charge in [0, 0.05) is 6.04 Å². The van der Waals surface area contributed by atoms with Gasteiger partial charge in [-0.3, -0.25) is 0 Å². The lowest BCUT2D eigenvalue weighted by molar-refractivity contribution is 0.146. The molecule has 0 aromatic heterocycles. The summed E-state index contributed by atoms with van der Waals surface area (Å²) in [6.45, 7) is 2.72. The van der Waals surface area contributed by atoms with Gasteiger partial charge in [0.05, 0.1) is 12.2 Å². The van der Waals surface area contributed by atoms with Crippen molar-refractivity contribution in [1.29, 1.82) is 0 Å². The quantitative estimate of drug-likeness (QED) is 0.554. The zero-order valence-electron chi connectivity index (χ0n) is 8.37. The molecule has 3 atom stereocenters. The summed E-state index contributed by atoms with van der Waals surface area (Å²) in [5.41, 5.74) is 0. The van der Waals surface area contributed by atoms with Crippen molar-refractivity contribution in [3.05, 3.63) is 0 Å². The SMILES string of the molecule is CC(O)CCCNC1CCCC1O. The number of rotatable bonds is 5. The van der Waals surface area contributed by atoms with E-state index in [2.05, 4.69) is 5.32 Å². The monoisotopic (exact) mass is 187 g/mol. The summed E-state index contributed by atoms with van der Waals surface area (Å²) >= 11 is 0. The first-order chi connectivity index (χ1) is 6.20. The van der Waals surface area contributed by atoms with Gasteiger partial charge in [-0.15, -0.1) is 0 Å². The van der Waals surface area contributed by atoms with Crippen LogP contribution in [0.2, 0.25) is 0 Å². The van der Waals surface area contributed by atoms with E-state index in [0.717, 1.165) is 38.6 Å². The van der Waals surface area contributed by atoms with Crippen LogP contribution < -0.4 is 5.32 Å². The molecule has 1 rings (SSSR count). The first-order valence-corrected chi connectivity index (χ1v) is 5.29. The fraction of sp³-hybridized carbons (Fsp3) is 1.00. The van der Waals surface area contributed by atoms with Crippen molar-refractivity contribution in [2.75, 3.05) is 6.54 Å². The van der Waals surface area contributed by atoms with Gasteiger partial charge in [0.15, 0.2) is 0 Å². The van der Waals surface area contributed by atoms with Gasteiger partial charge in [-0.2, -0.15) is 0 Å². The highest BCUT2D eigenvalue weighted by molar-refractivity contribution is 4.82. The molecule has 0 radical (unpaired) electrons. The zero-order valence-corrected chi connectivity index (χ0v) is 8.37. The Hall–Kier alpha value is -0.120. The van der Waals surface area contributed by atoms with E-state index in [1.165, 1.54) is 0 Å². The van der Waals surface area contributed by atoms with Crippen molar-refractivity contribution in [3.8, 4) is 0 Å². The molecule has 1 aliphatic carbocycles. The fourth-order valence-corrected chi connectivity index (χ4v) is 1.86. The first-order valence-electron chi connectivity index (χ1n) is 5.29. The number of aliphatic hydroxyl groups is 2. The summed E-state index contributed by atoms with van der Waals surface area (Å²) in [5, 5.41) is 21.8. The van der Waals surface area contributed by atoms with Crippen LogP contribution in [0.1, 0.15) is 39.0 Å². The number of hydrogen-bond donors (Lipinski definition) is 3. The molecule has 0 aromatic rings. The maximum absolute atomic E-state index is 9.49. The van der Waals surface area contributed by atoms with Crippen molar-refractivity contribution in [2.45, 2.75) is 57.3 Å². The van der Waals surface area contributed by atoms with E-state index in [1.807, 2.05) is 6.92 Å². The predicted octanol–water partition coefficient (Wildman–Crippen LogP) is 0.650. The van der Waals surface area contributed by atoms with Crippen LogP contribution in [0.3, 0.4) is 0 Å². The van der Waals surface area contributed by atoms with E-state index in [-0.39, 0.29) is 12.2 Å². The molecule has 0 amide bonds. The van der Waals surface area contributed by atoms with Crippen molar-refractivity contribution < 1.29 is 10.2 Å². The van der Waals surface area contributed by atoms with Gasteiger partial charge in [0.1, 0.15) is 0 Å². The van der Waals surface area contributed by atoms with Crippen molar-refractivity contribution in [2.24, 2.45) is 0 Å². The first kappa shape index (κ1) is 11.0. The van der Waals surface area contributed by atoms with Crippen LogP contribution in [0.25, 0.3) is 0 Å². The van der Waals surface area contributed by atoms with E-state index in [0.29, 0.717) is 6.04 Å². The van der Waals surface area contributed by atoms with E-state index >= 15 is 0 Å². The molecule has 1 aliphatic rings. The molecule has 0 spiro atoms. The normalized spacial score (nSPS) is 30.7. The third-order valence-corrected chi connectivity index (χ3v) is 2.68. The predicted molar refractivity (Wildman–Crippen MR) is 52.6 cm³/mol. The second-order valence-corrected chi connectivity index (χ2v) is 4.05. The molecule has 1 saturated carbocycles. The van der Waals surface area contributed by atoms with Crippen LogP contribution in [0.4, 0.5) is 0 Å². The Labute approximate surface area is 80.2 Å². The molecule has 0 heterocycles. The molecule has 1 fully saturated rings. The van der Waals surface area contributed by atoms with E-state index < -0.39 is 0 Å². The Balaban J connectivity index is 1.99. The Bertz CT molecular complexity index is 139. The molecule has 0 aromatic carbocycles. The second kappa shape index (κ2) is 5.58. The highest BCUT2D eigenvalue weighted by atomic mass is 16.3. The lowest BCUT2D eigenvalue weighted by Gasteiger charge is -2.16. The number of hydrogen-bond acceptors (Lipinski definition) is 3. The zero-order chi connectivity index (χ0) is 9.68. The van der Waals surface area contributed by atoms with Gasteiger partial charge in [0.2, 0.25) is 0 Å². The number of nitrogens with one attached hydrogen (secondary N) is 1. The molecule has 13 heavy (non-hydrogen) atoms. The lowest BCUT2D eigenvalue weighted by Crippen LogP contribution is -2.36. The molecule has 3 nitrogen and oxygen atoms in total. The third kappa shape index (κ3) is 4.07. The Morgan fingerprint density at radius 1 is 1.46 bits per heavy atom. The summed E-state index contributed by atoms with van der Waals surface area (Å²) in [7, 11) is 0. The average Bonchev–Trinajstić information content (AvgIpc) is 2.45. The summed E-state index contributed by atoms with van der Waals surface area (Å²) in [5.74, 6) is 0. The molecular formula is C10H21NO2. The molecule has 78 valence electrons. The van der Waals surface area contributed by atoms with E-state index in [4.69, 9.17) is 5.11 Å². The highest BCUT2D eigenvalue weighted by Crippen LogP contribution is 2.18. The maximum Gasteiger partial charge on any atom is 0.0693 e. The van der Waals surface area contributed by atoms with Gasteiger partial charge in [-0.25, -0.2) is 0 Å². The van der Waals surface area contributed by atoms with Crippen LogP contribution in [0, 0.1) is 0 Å². The molecule has 3 N–H and O–H groups in total. The van der Waals surface area contributed by atoms with E-state index in [1.54, 1.807) is 0 Å². The molecule has 3 unspecified atom stereocenters. The summed E-state index contributed by atoms with van der Waals surface area (Å²) in [6.07, 6.45) is 4.65. The Morgan fingerprint density at radius 3 is 2.77 bits per heavy atom. The molecule has 0 saturated heterocycles. The molecular weight excluding hydrogens is 166 g/mol. The van der Waals surface area contributed by atoms with Gasteiger partial charge in [0.25, 0.3) is 0 Å². The van der Waals surface area contributed by atoms with Crippen molar-refractivity contribution >= 4 is 0 Å². The van der Waals surface area contributed by atoms with Gasteiger partial charge in [-0.05, 0) is 45.6 Å². The maximum atomic E-state index is 9.49. The summed E-state index contributed by atoms with van der Waals surface area (Å²) < 4.78 is 0. The van der Waals surface area contributed by atoms with Gasteiger partial charge in [-0.1, -0.05) is 0 Å². The standard InChI is InChI=1S/C10H21NO2/c1-8(12)4-3-7-11-9-5-2-6-10(9)13/h8-13H,2-7H2,1H3. The van der Waals surface area contributed by atoms with E-state index in [9.17, 15) is 5.11 Å². The van der Waals surface area contributed by atoms with Crippen LogP contribution in [-0.4, -0.2) is 35.0 Å². The topological polar surface area (TPSA) is 52.5 Å². The van der Waals surface area contributed by atoms with Gasteiger partial charge >= 0.3 is 0 Å². The highest BCUT2D eigenvalue weighted by Gasteiger charge is 2.23. The Kier molecular flexibility index (Phi) is 4.70. The van der Waals surface area contributed by atoms with Crippen molar-refractivity contribution in [3.63, 3.8) is 0 Å². The minimum absolute atomic E-state index is 0.147. The number of aliphatic hydroxyl groups excluding tert-OH is 2. The van der Waals surface area contributed by atoms with Crippen LogP contribution in [-0.2, 0) is 0 Å². The average molecular weight is 187 g/mol. The van der Waals surface area contributed by atoms with Gasteiger partial charge < -0.3 is 15.5 Å². The largest absolute Gasteiger partial charge is 0.393 e. The van der Waals surface area contributed by atoms with Crippen LogP contribution in [0.5, 0.6) is 0 Å². The fourth-order valence-electron chi connectivity index (χ4n) is 1.86. The lowest BCUT2D eigenvalue weighted by atomic mass is 10.2. The smallest absolute Gasteiger partial charge is 0.0693 e. The Morgan fingerprint density at radius 2 is 2.23 bits per heavy atom. The second-order valence-electron chi connectivity index (χ2n) is 4.05. The minimum atomic E-state index is -0.199. The third-order valence-electron chi connectivity index (χ3n) is 2.68. The van der Waals surface area contributed by atoms with Crippen LogP contribution in [0.15, 0.2) is 0 Å².